The molecule has 2 aromatic rings. The van der Waals surface area contributed by atoms with Crippen molar-refractivity contribution >= 4 is 39.2 Å². The van der Waals surface area contributed by atoms with Crippen molar-refractivity contribution in [2.45, 2.75) is 129 Å². The summed E-state index contributed by atoms with van der Waals surface area (Å²) in [7, 11) is -4.06. The Morgan fingerprint density at radius 1 is 1.07 bits per heavy atom. The standard InChI is InChI=1S/C31H49N5O8S2/c1-18(2)42-27(37)33-20-11-13-22(25(15-20)46(40,41)35-30(5,6)7)24-16-32-26(45-24)23-14-12-21(34-28(38)43-19(3)4)17-36(23)29(39)44-31(8,9)10/h11,13,15-16,18-19,21,23,28,34-35,38H,12,14,17H2,1-10H3,(H,33,37)/t21-,23+,28?/m1/s1. The first-order valence-electron chi connectivity index (χ1n) is 15.3. The predicted octanol–water partition coefficient (Wildman–Crippen LogP) is 5.57. The number of carbonyl (C=O) groups excluding carboxylic acids is 2. The SMILES string of the molecule is CC(C)OC(=O)Nc1ccc(-c2cnc([C@@H]3CC[C@@H](NC(O)OC(C)C)CN3C(=O)OC(C)(C)C)s2)c(S(=O)(=O)NC(C)(C)C)c1. The highest BCUT2D eigenvalue weighted by molar-refractivity contribution is 7.89. The van der Waals surface area contributed by atoms with Gasteiger partial charge in [0, 0.05) is 35.6 Å². The average molecular weight is 684 g/mol. The van der Waals surface area contributed by atoms with Crippen LogP contribution < -0.4 is 15.4 Å². The molecule has 1 unspecified atom stereocenters. The Morgan fingerprint density at radius 3 is 2.33 bits per heavy atom. The molecular formula is C31H49N5O8S2. The Bertz CT molecular complexity index is 1460. The molecule has 3 atom stereocenters. The molecule has 0 radical (unpaired) electrons. The van der Waals surface area contributed by atoms with E-state index in [-0.39, 0.29) is 35.4 Å². The first kappa shape index (κ1) is 37.6. The largest absolute Gasteiger partial charge is 0.447 e. The summed E-state index contributed by atoms with van der Waals surface area (Å²) in [5.74, 6) is 0. The van der Waals surface area contributed by atoms with E-state index in [1.165, 1.54) is 17.4 Å². The summed E-state index contributed by atoms with van der Waals surface area (Å²) in [5.41, 5.74) is -0.879. The molecule has 1 saturated heterocycles. The maximum Gasteiger partial charge on any atom is 0.411 e. The van der Waals surface area contributed by atoms with Gasteiger partial charge in [0.25, 0.3) is 0 Å². The molecule has 1 fully saturated rings. The van der Waals surface area contributed by atoms with Gasteiger partial charge in [-0.1, -0.05) is 6.07 Å². The summed E-state index contributed by atoms with van der Waals surface area (Å²) in [5, 5.41) is 16.5. The maximum absolute atomic E-state index is 13.7. The Balaban J connectivity index is 1.99. The van der Waals surface area contributed by atoms with E-state index in [2.05, 4.69) is 20.3 Å². The van der Waals surface area contributed by atoms with Crippen molar-refractivity contribution in [1.29, 1.82) is 0 Å². The van der Waals surface area contributed by atoms with E-state index in [0.717, 1.165) is 0 Å². The van der Waals surface area contributed by atoms with E-state index in [1.807, 2.05) is 13.8 Å². The number of benzene rings is 1. The summed E-state index contributed by atoms with van der Waals surface area (Å²) in [6.07, 6.45) is -0.267. The average Bonchev–Trinajstić information content (AvgIpc) is 3.35. The number of sulfonamides is 1. The van der Waals surface area contributed by atoms with Crippen LogP contribution in [-0.2, 0) is 24.2 Å². The van der Waals surface area contributed by atoms with Crippen LogP contribution in [0, 0.1) is 0 Å². The number of hydrogen-bond acceptors (Lipinski definition) is 11. The number of likely N-dealkylation sites (tertiary alicyclic amines) is 1. The molecule has 13 nitrogen and oxygen atoms in total. The topological polar surface area (TPSA) is 168 Å². The van der Waals surface area contributed by atoms with Crippen LogP contribution in [-0.4, -0.2) is 77.9 Å². The minimum Gasteiger partial charge on any atom is -0.447 e. The van der Waals surface area contributed by atoms with Crippen LogP contribution in [0.2, 0.25) is 0 Å². The maximum atomic E-state index is 13.7. The van der Waals surface area contributed by atoms with Gasteiger partial charge in [0.05, 0.1) is 28.0 Å². The van der Waals surface area contributed by atoms with E-state index >= 15 is 0 Å². The number of nitrogens with one attached hydrogen (secondary N) is 3. The van der Waals surface area contributed by atoms with Crippen LogP contribution in [0.5, 0.6) is 0 Å². The van der Waals surface area contributed by atoms with Crippen LogP contribution >= 0.6 is 11.3 Å². The van der Waals surface area contributed by atoms with E-state index in [0.29, 0.717) is 28.3 Å². The first-order valence-corrected chi connectivity index (χ1v) is 17.6. The van der Waals surface area contributed by atoms with Crippen LogP contribution in [0.3, 0.4) is 0 Å². The van der Waals surface area contributed by atoms with Crippen LogP contribution in [0.4, 0.5) is 15.3 Å². The number of anilines is 1. The number of thiazole rings is 1. The number of piperidine rings is 1. The third-order valence-corrected chi connectivity index (χ3v) is 9.29. The highest BCUT2D eigenvalue weighted by Crippen LogP contribution is 2.40. The fourth-order valence-electron chi connectivity index (χ4n) is 4.80. The van der Waals surface area contributed by atoms with Gasteiger partial charge in [0.2, 0.25) is 16.4 Å². The van der Waals surface area contributed by atoms with Gasteiger partial charge in [-0.25, -0.2) is 27.7 Å². The molecule has 1 aromatic carbocycles. The van der Waals surface area contributed by atoms with Crippen LogP contribution in [0.1, 0.15) is 93.1 Å². The molecule has 46 heavy (non-hydrogen) atoms. The first-order chi connectivity index (χ1) is 21.1. The zero-order chi connectivity index (χ0) is 34.6. The number of rotatable bonds is 10. The second-order valence-electron chi connectivity index (χ2n) is 13.8. The number of nitrogens with zero attached hydrogens (tertiary/aromatic N) is 2. The van der Waals surface area contributed by atoms with Crippen LogP contribution in [0.15, 0.2) is 29.3 Å². The van der Waals surface area contributed by atoms with Crippen molar-refractivity contribution < 1.29 is 37.3 Å². The molecule has 4 N–H and O–H groups in total. The minimum absolute atomic E-state index is 0.0454. The molecule has 1 aliphatic heterocycles. The van der Waals surface area contributed by atoms with Crippen molar-refractivity contribution in [2.24, 2.45) is 0 Å². The number of carbonyl (C=O) groups is 2. The van der Waals surface area contributed by atoms with Gasteiger partial charge in [-0.2, -0.15) is 0 Å². The lowest BCUT2D eigenvalue weighted by molar-refractivity contribution is -0.152. The zero-order valence-electron chi connectivity index (χ0n) is 28.3. The van der Waals surface area contributed by atoms with Gasteiger partial charge in [-0.3, -0.25) is 15.5 Å². The molecule has 2 heterocycles. The predicted molar refractivity (Wildman–Crippen MR) is 177 cm³/mol. The van der Waals surface area contributed by atoms with Crippen LogP contribution in [0.25, 0.3) is 10.4 Å². The van der Waals surface area contributed by atoms with E-state index in [1.54, 1.807) is 78.6 Å². The fourth-order valence-corrected chi connectivity index (χ4v) is 7.63. The van der Waals surface area contributed by atoms with Crippen molar-refractivity contribution in [2.75, 3.05) is 11.9 Å². The molecule has 0 spiro atoms. The van der Waals surface area contributed by atoms with E-state index in [9.17, 15) is 23.1 Å². The molecular weight excluding hydrogens is 635 g/mol. The lowest BCUT2D eigenvalue weighted by atomic mass is 9.99. The van der Waals surface area contributed by atoms with Gasteiger partial charge < -0.3 is 19.3 Å². The number of amides is 2. The van der Waals surface area contributed by atoms with E-state index in [4.69, 9.17) is 14.2 Å². The number of aliphatic hydroxyl groups is 1. The lowest BCUT2D eigenvalue weighted by Crippen LogP contribution is -2.53. The fraction of sp³-hybridized carbons (Fsp3) is 0.645. The summed E-state index contributed by atoms with van der Waals surface area (Å²) < 4.78 is 46.3. The molecule has 1 aliphatic rings. The minimum atomic E-state index is -4.06. The molecule has 0 bridgehead atoms. The Kier molecular flexibility index (Phi) is 12.2. The molecule has 15 heteroatoms. The van der Waals surface area contributed by atoms with Gasteiger partial charge in [-0.05, 0) is 94.2 Å². The zero-order valence-corrected chi connectivity index (χ0v) is 30.0. The second kappa shape index (κ2) is 14.9. The third kappa shape index (κ3) is 11.2. The molecule has 0 aliphatic carbocycles. The Labute approximate surface area is 276 Å². The number of hydrogen-bond donors (Lipinski definition) is 4. The number of ether oxygens (including phenoxy) is 3. The summed E-state index contributed by atoms with van der Waals surface area (Å²) in [6.45, 7) is 17.9. The molecule has 258 valence electrons. The summed E-state index contributed by atoms with van der Waals surface area (Å²) in [4.78, 5) is 32.4. The van der Waals surface area contributed by atoms with Gasteiger partial charge >= 0.3 is 12.2 Å². The highest BCUT2D eigenvalue weighted by atomic mass is 32.2. The summed E-state index contributed by atoms with van der Waals surface area (Å²) >= 11 is 1.27. The van der Waals surface area contributed by atoms with E-state index < -0.39 is 45.8 Å². The normalized spacial score (nSPS) is 18.5. The quantitative estimate of drug-likeness (QED) is 0.232. The van der Waals surface area contributed by atoms with Crippen molar-refractivity contribution in [1.82, 2.24) is 19.9 Å². The number of aliphatic hydroxyl groups excluding tert-OH is 1. The molecule has 2 amide bonds. The van der Waals surface area contributed by atoms with Crippen molar-refractivity contribution in [3.05, 3.63) is 29.4 Å². The van der Waals surface area contributed by atoms with Gasteiger partial charge in [0.1, 0.15) is 10.6 Å². The second-order valence-corrected chi connectivity index (χ2v) is 16.5. The highest BCUT2D eigenvalue weighted by Gasteiger charge is 2.38. The smallest absolute Gasteiger partial charge is 0.411 e. The summed E-state index contributed by atoms with van der Waals surface area (Å²) in [6, 6.07) is 3.88. The Hall–Kier alpha value is -2.82. The lowest BCUT2D eigenvalue weighted by Gasteiger charge is -2.40. The molecule has 0 saturated carbocycles. The molecule has 3 rings (SSSR count). The monoisotopic (exact) mass is 683 g/mol. The molecule has 1 aromatic heterocycles. The third-order valence-electron chi connectivity index (χ3n) is 6.36. The van der Waals surface area contributed by atoms with Gasteiger partial charge in [0.15, 0.2) is 0 Å². The Morgan fingerprint density at radius 2 is 1.74 bits per heavy atom. The number of aromatic nitrogens is 1. The van der Waals surface area contributed by atoms with Crippen molar-refractivity contribution in [3.8, 4) is 10.4 Å². The van der Waals surface area contributed by atoms with Crippen molar-refractivity contribution in [3.63, 3.8) is 0 Å². The van der Waals surface area contributed by atoms with Gasteiger partial charge in [-0.15, -0.1) is 11.3 Å².